The molecular weight excluding hydrogens is 270 g/mol. The second-order valence-electron chi connectivity index (χ2n) is 5.00. The van der Waals surface area contributed by atoms with Crippen molar-refractivity contribution in [3.8, 4) is 0 Å². The van der Waals surface area contributed by atoms with Gasteiger partial charge in [-0.25, -0.2) is 0 Å². The van der Waals surface area contributed by atoms with Gasteiger partial charge in [0, 0.05) is 15.8 Å². The average Bonchev–Trinajstić information content (AvgIpc) is 3.11. The van der Waals surface area contributed by atoms with Crippen LogP contribution in [0.2, 0.25) is 0 Å². The van der Waals surface area contributed by atoms with Gasteiger partial charge in [0.2, 0.25) is 0 Å². The Kier molecular flexibility index (Phi) is 5.61. The number of nitrogens with one attached hydrogen (secondary N) is 1. The molecule has 2 aromatic rings. The minimum Gasteiger partial charge on any atom is -0.302 e. The first-order valence-corrected chi connectivity index (χ1v) is 8.85. The molecule has 2 heterocycles. The Bertz CT molecular complexity index is 409. The molecule has 0 aliphatic rings. The molecule has 0 aliphatic heterocycles. The van der Waals surface area contributed by atoms with Crippen LogP contribution in [0.25, 0.3) is 0 Å². The standard InChI is InChI=1S/C16H23NS2/c1-4-13(5-2)12(3)17-16(14-8-6-10-18-14)15-9-7-11-19-15/h6-13,16-17H,4-5H2,1-3H3. The predicted molar refractivity (Wildman–Crippen MR) is 87.2 cm³/mol. The van der Waals surface area contributed by atoms with Crippen LogP contribution in [0.15, 0.2) is 35.0 Å². The molecule has 1 atom stereocenters. The summed E-state index contributed by atoms with van der Waals surface area (Å²) in [6.45, 7) is 6.90. The molecule has 0 radical (unpaired) electrons. The van der Waals surface area contributed by atoms with E-state index in [1.54, 1.807) is 0 Å². The van der Waals surface area contributed by atoms with E-state index < -0.39 is 0 Å². The first-order chi connectivity index (χ1) is 9.26. The molecule has 0 bridgehead atoms. The highest BCUT2D eigenvalue weighted by Gasteiger charge is 2.21. The van der Waals surface area contributed by atoms with Crippen LogP contribution < -0.4 is 5.32 Å². The number of rotatable bonds is 7. The van der Waals surface area contributed by atoms with E-state index >= 15 is 0 Å². The van der Waals surface area contributed by atoms with E-state index in [9.17, 15) is 0 Å². The monoisotopic (exact) mass is 293 g/mol. The Morgan fingerprint density at radius 1 is 1.00 bits per heavy atom. The summed E-state index contributed by atoms with van der Waals surface area (Å²) in [6, 6.07) is 9.66. The van der Waals surface area contributed by atoms with Gasteiger partial charge < -0.3 is 5.32 Å². The molecule has 0 aromatic carbocycles. The van der Waals surface area contributed by atoms with Gasteiger partial charge >= 0.3 is 0 Å². The second-order valence-corrected chi connectivity index (χ2v) is 6.95. The summed E-state index contributed by atoms with van der Waals surface area (Å²) in [5.74, 6) is 0.752. The molecule has 2 rings (SSSR count). The van der Waals surface area contributed by atoms with Crippen LogP contribution in [0.1, 0.15) is 49.4 Å². The van der Waals surface area contributed by atoms with Crippen molar-refractivity contribution < 1.29 is 0 Å². The fraction of sp³-hybridized carbons (Fsp3) is 0.500. The molecule has 1 nitrogen and oxygen atoms in total. The molecule has 0 amide bonds. The normalized spacial score (nSPS) is 13.3. The second kappa shape index (κ2) is 7.22. The Balaban J connectivity index is 2.15. The van der Waals surface area contributed by atoms with E-state index in [4.69, 9.17) is 0 Å². The van der Waals surface area contributed by atoms with Crippen molar-refractivity contribution >= 4 is 22.7 Å². The molecular formula is C16H23NS2. The summed E-state index contributed by atoms with van der Waals surface area (Å²) >= 11 is 3.68. The maximum atomic E-state index is 3.84. The van der Waals surface area contributed by atoms with Crippen molar-refractivity contribution in [2.45, 2.75) is 45.7 Å². The molecule has 0 spiro atoms. The third-order valence-corrected chi connectivity index (χ3v) is 5.72. The lowest BCUT2D eigenvalue weighted by Crippen LogP contribution is -2.36. The highest BCUT2D eigenvalue weighted by molar-refractivity contribution is 7.11. The van der Waals surface area contributed by atoms with Crippen molar-refractivity contribution in [2.75, 3.05) is 0 Å². The van der Waals surface area contributed by atoms with E-state index in [1.165, 1.54) is 22.6 Å². The molecule has 1 unspecified atom stereocenters. The summed E-state index contributed by atoms with van der Waals surface area (Å²) in [5, 5.41) is 8.18. The van der Waals surface area contributed by atoms with E-state index in [0.717, 1.165) is 5.92 Å². The van der Waals surface area contributed by atoms with Crippen LogP contribution in [0.5, 0.6) is 0 Å². The van der Waals surface area contributed by atoms with Gasteiger partial charge in [-0.2, -0.15) is 0 Å². The summed E-state index contributed by atoms with van der Waals surface area (Å²) in [4.78, 5) is 2.83. The van der Waals surface area contributed by atoms with Gasteiger partial charge in [0.1, 0.15) is 0 Å². The average molecular weight is 294 g/mol. The first kappa shape index (κ1) is 14.8. The molecule has 0 saturated heterocycles. The number of hydrogen-bond acceptors (Lipinski definition) is 3. The van der Waals surface area contributed by atoms with Crippen LogP contribution in [-0.4, -0.2) is 6.04 Å². The van der Waals surface area contributed by atoms with E-state index in [-0.39, 0.29) is 0 Å². The minimum absolute atomic E-state index is 0.357. The molecule has 0 saturated carbocycles. The van der Waals surface area contributed by atoms with Gasteiger partial charge in [0.05, 0.1) is 6.04 Å². The molecule has 0 fully saturated rings. The Morgan fingerprint density at radius 2 is 1.53 bits per heavy atom. The molecule has 1 N–H and O–H groups in total. The molecule has 0 aliphatic carbocycles. The summed E-state index contributed by atoms with van der Waals surface area (Å²) in [5.41, 5.74) is 0. The van der Waals surface area contributed by atoms with Crippen molar-refractivity contribution in [1.29, 1.82) is 0 Å². The van der Waals surface area contributed by atoms with E-state index in [0.29, 0.717) is 12.1 Å². The van der Waals surface area contributed by atoms with Crippen LogP contribution in [0, 0.1) is 5.92 Å². The Labute approximate surface area is 124 Å². The largest absolute Gasteiger partial charge is 0.302 e. The zero-order valence-electron chi connectivity index (χ0n) is 11.9. The Hall–Kier alpha value is -0.640. The van der Waals surface area contributed by atoms with Crippen LogP contribution in [0.4, 0.5) is 0 Å². The first-order valence-electron chi connectivity index (χ1n) is 7.09. The zero-order chi connectivity index (χ0) is 13.7. The van der Waals surface area contributed by atoms with Crippen molar-refractivity contribution in [2.24, 2.45) is 5.92 Å². The van der Waals surface area contributed by atoms with Crippen LogP contribution in [-0.2, 0) is 0 Å². The fourth-order valence-corrected chi connectivity index (χ4v) is 4.29. The van der Waals surface area contributed by atoms with Gasteiger partial charge in [-0.05, 0) is 35.7 Å². The van der Waals surface area contributed by atoms with Crippen molar-refractivity contribution in [1.82, 2.24) is 5.32 Å². The predicted octanol–water partition coefficient (Wildman–Crippen LogP) is 5.31. The quantitative estimate of drug-likeness (QED) is 0.729. The highest BCUT2D eigenvalue weighted by Crippen LogP contribution is 2.30. The van der Waals surface area contributed by atoms with Gasteiger partial charge in [-0.15, -0.1) is 22.7 Å². The number of thiophene rings is 2. The van der Waals surface area contributed by atoms with Crippen LogP contribution in [0.3, 0.4) is 0 Å². The van der Waals surface area contributed by atoms with E-state index in [2.05, 4.69) is 61.1 Å². The lowest BCUT2D eigenvalue weighted by atomic mass is 9.94. The molecule has 2 aromatic heterocycles. The summed E-state index contributed by atoms with van der Waals surface area (Å²) in [7, 11) is 0. The lowest BCUT2D eigenvalue weighted by Gasteiger charge is -2.27. The van der Waals surface area contributed by atoms with Crippen LogP contribution >= 0.6 is 22.7 Å². The Morgan fingerprint density at radius 3 is 1.89 bits per heavy atom. The van der Waals surface area contributed by atoms with Gasteiger partial charge in [0.15, 0.2) is 0 Å². The molecule has 104 valence electrons. The summed E-state index contributed by atoms with van der Waals surface area (Å²) in [6.07, 6.45) is 2.48. The lowest BCUT2D eigenvalue weighted by molar-refractivity contribution is 0.339. The van der Waals surface area contributed by atoms with Gasteiger partial charge in [-0.1, -0.05) is 38.8 Å². The van der Waals surface area contributed by atoms with Crippen molar-refractivity contribution in [3.05, 3.63) is 44.8 Å². The van der Waals surface area contributed by atoms with Gasteiger partial charge in [-0.3, -0.25) is 0 Å². The third kappa shape index (κ3) is 3.68. The van der Waals surface area contributed by atoms with Crippen molar-refractivity contribution in [3.63, 3.8) is 0 Å². The molecule has 3 heteroatoms. The zero-order valence-corrected chi connectivity index (χ0v) is 13.6. The smallest absolute Gasteiger partial charge is 0.0766 e. The third-order valence-electron chi connectivity index (χ3n) is 3.84. The summed E-state index contributed by atoms with van der Waals surface area (Å²) < 4.78 is 0. The highest BCUT2D eigenvalue weighted by atomic mass is 32.1. The SMILES string of the molecule is CCC(CC)C(C)NC(c1cccs1)c1cccs1. The minimum atomic E-state index is 0.357. The fourth-order valence-electron chi connectivity index (χ4n) is 2.61. The number of hydrogen-bond donors (Lipinski definition) is 1. The van der Waals surface area contributed by atoms with E-state index in [1.807, 2.05) is 22.7 Å². The maximum Gasteiger partial charge on any atom is 0.0766 e. The van der Waals surface area contributed by atoms with Gasteiger partial charge in [0.25, 0.3) is 0 Å². The topological polar surface area (TPSA) is 12.0 Å². The maximum absolute atomic E-state index is 3.84. The molecule has 19 heavy (non-hydrogen) atoms.